The van der Waals surface area contributed by atoms with E-state index in [0.29, 0.717) is 11.1 Å². The molecule has 1 aliphatic heterocycles. The van der Waals surface area contributed by atoms with Crippen LogP contribution in [0.25, 0.3) is 0 Å². The van der Waals surface area contributed by atoms with Crippen molar-refractivity contribution in [3.63, 3.8) is 0 Å². The Hall–Kier alpha value is 0.400. The average molecular weight is 193 g/mol. The molecule has 0 aromatic rings. The van der Waals surface area contributed by atoms with E-state index in [1.54, 1.807) is 0 Å². The summed E-state index contributed by atoms with van der Waals surface area (Å²) in [5.74, 6) is 0. The van der Waals surface area contributed by atoms with Gasteiger partial charge in [-0.1, -0.05) is 15.9 Å². The van der Waals surface area contributed by atoms with Gasteiger partial charge in [-0.05, 0) is 26.3 Å². The topological polar surface area (TPSA) is 24.1 Å². The summed E-state index contributed by atoms with van der Waals surface area (Å²) < 4.78 is 0. The fourth-order valence-corrected chi connectivity index (χ4v) is 1.76. The molecule has 0 bridgehead atoms. The molecule has 0 aliphatic carbocycles. The second-order valence-electron chi connectivity index (χ2n) is 2.41. The summed E-state index contributed by atoms with van der Waals surface area (Å²) in [4.78, 5) is 0.517. The number of piperidine rings is 1. The first-order chi connectivity index (χ1) is 4.33. The average Bonchev–Trinajstić information content (AvgIpc) is 1.88. The molecule has 1 heterocycles. The molecule has 54 valence electrons. The summed E-state index contributed by atoms with van der Waals surface area (Å²) >= 11 is 3.52. The van der Waals surface area contributed by atoms with Crippen LogP contribution in [-0.4, -0.2) is 18.2 Å². The zero-order valence-corrected chi connectivity index (χ0v) is 7.24. The highest BCUT2D eigenvalue weighted by Gasteiger charge is 2.15. The summed E-state index contributed by atoms with van der Waals surface area (Å²) in [6, 6.07) is 0. The van der Waals surface area contributed by atoms with Crippen molar-refractivity contribution in [1.82, 2.24) is 10.6 Å². The highest BCUT2D eigenvalue weighted by atomic mass is 79.9. The smallest absolute Gasteiger partial charge is 0.0642 e. The van der Waals surface area contributed by atoms with Crippen LogP contribution in [0.1, 0.15) is 19.3 Å². The van der Waals surface area contributed by atoms with Crippen LogP contribution in [0.2, 0.25) is 0 Å². The van der Waals surface area contributed by atoms with Gasteiger partial charge in [-0.3, -0.25) is 5.32 Å². The van der Waals surface area contributed by atoms with Crippen molar-refractivity contribution in [2.24, 2.45) is 0 Å². The van der Waals surface area contributed by atoms with Gasteiger partial charge in [-0.25, -0.2) is 0 Å². The van der Waals surface area contributed by atoms with Gasteiger partial charge < -0.3 is 5.32 Å². The van der Waals surface area contributed by atoms with E-state index in [9.17, 15) is 0 Å². The third kappa shape index (κ3) is 2.24. The Morgan fingerprint density at radius 3 is 2.78 bits per heavy atom. The van der Waals surface area contributed by atoms with E-state index >= 15 is 0 Å². The van der Waals surface area contributed by atoms with Gasteiger partial charge in [0.15, 0.2) is 0 Å². The van der Waals surface area contributed by atoms with E-state index in [-0.39, 0.29) is 0 Å². The minimum absolute atomic E-state index is 0.517. The van der Waals surface area contributed by atoms with Crippen LogP contribution in [0, 0.1) is 0 Å². The minimum atomic E-state index is 0.517. The number of rotatable bonds is 1. The van der Waals surface area contributed by atoms with Crippen LogP contribution in [0.5, 0.6) is 0 Å². The summed E-state index contributed by atoms with van der Waals surface area (Å²) in [7, 11) is 1.99. The van der Waals surface area contributed by atoms with Crippen molar-refractivity contribution >= 4 is 15.9 Å². The Labute approximate surface area is 64.5 Å². The quantitative estimate of drug-likeness (QED) is 0.480. The van der Waals surface area contributed by atoms with Gasteiger partial charge >= 0.3 is 0 Å². The third-order valence-corrected chi connectivity index (χ3v) is 2.40. The lowest BCUT2D eigenvalue weighted by Crippen LogP contribution is -2.46. The zero-order chi connectivity index (χ0) is 6.69. The van der Waals surface area contributed by atoms with Crippen LogP contribution in [-0.2, 0) is 0 Å². The lowest BCUT2D eigenvalue weighted by Gasteiger charge is -2.26. The van der Waals surface area contributed by atoms with Crippen LogP contribution in [0.4, 0.5) is 0 Å². The van der Waals surface area contributed by atoms with Crippen molar-refractivity contribution < 1.29 is 0 Å². The molecule has 9 heavy (non-hydrogen) atoms. The van der Waals surface area contributed by atoms with Gasteiger partial charge in [-0.2, -0.15) is 0 Å². The van der Waals surface area contributed by atoms with E-state index in [0.717, 1.165) is 0 Å². The predicted octanol–water partition coefficient (Wildman–Crippen LogP) is 1.03. The summed E-state index contributed by atoms with van der Waals surface area (Å²) in [5.41, 5.74) is 0. The molecule has 0 radical (unpaired) electrons. The monoisotopic (exact) mass is 192 g/mol. The van der Waals surface area contributed by atoms with Crippen molar-refractivity contribution in [1.29, 1.82) is 0 Å². The number of alkyl halides is 1. The second-order valence-corrected chi connectivity index (χ2v) is 3.51. The molecule has 0 amide bonds. The summed E-state index contributed by atoms with van der Waals surface area (Å²) in [5, 5.41) is 6.56. The Morgan fingerprint density at radius 1 is 1.56 bits per heavy atom. The van der Waals surface area contributed by atoms with Gasteiger partial charge in [0.1, 0.15) is 0 Å². The van der Waals surface area contributed by atoms with Crippen LogP contribution in [0.15, 0.2) is 0 Å². The molecule has 1 rings (SSSR count). The molecule has 2 atom stereocenters. The molecule has 2 N–H and O–H groups in total. The third-order valence-electron chi connectivity index (χ3n) is 1.68. The first kappa shape index (κ1) is 7.51. The molecular weight excluding hydrogens is 180 g/mol. The van der Waals surface area contributed by atoms with Crippen molar-refractivity contribution in [3.8, 4) is 0 Å². The maximum absolute atomic E-state index is 3.52. The largest absolute Gasteiger partial charge is 0.305 e. The normalized spacial score (nSPS) is 36.7. The van der Waals surface area contributed by atoms with E-state index in [1.165, 1.54) is 19.3 Å². The van der Waals surface area contributed by atoms with Crippen LogP contribution >= 0.6 is 15.9 Å². The number of halogens is 1. The van der Waals surface area contributed by atoms with Crippen LogP contribution in [0.3, 0.4) is 0 Å². The molecule has 1 aliphatic rings. The van der Waals surface area contributed by atoms with Crippen LogP contribution < -0.4 is 10.6 Å². The Balaban J connectivity index is 2.23. The summed E-state index contributed by atoms with van der Waals surface area (Å²) in [6.07, 6.45) is 4.33. The first-order valence-electron chi connectivity index (χ1n) is 3.40. The SMILES string of the molecule is CNC1CCCC(Br)N1. The Morgan fingerprint density at radius 2 is 2.33 bits per heavy atom. The molecule has 1 saturated heterocycles. The molecule has 2 unspecified atom stereocenters. The summed E-state index contributed by atoms with van der Waals surface area (Å²) in [6.45, 7) is 0. The standard InChI is InChI=1S/C6H13BrN2/c1-8-6-4-2-3-5(7)9-6/h5-6,8-9H,2-4H2,1H3. The fourth-order valence-electron chi connectivity index (χ4n) is 1.11. The van der Waals surface area contributed by atoms with Gasteiger partial charge in [0.05, 0.1) is 11.1 Å². The van der Waals surface area contributed by atoms with E-state index in [1.807, 2.05) is 7.05 Å². The lowest BCUT2D eigenvalue weighted by atomic mass is 10.1. The van der Waals surface area contributed by atoms with Crippen molar-refractivity contribution in [3.05, 3.63) is 0 Å². The highest BCUT2D eigenvalue weighted by Crippen LogP contribution is 2.14. The van der Waals surface area contributed by atoms with E-state index < -0.39 is 0 Å². The number of nitrogens with one attached hydrogen (secondary N) is 2. The second kappa shape index (κ2) is 3.54. The zero-order valence-electron chi connectivity index (χ0n) is 5.65. The predicted molar refractivity (Wildman–Crippen MR) is 42.5 cm³/mol. The van der Waals surface area contributed by atoms with Crippen molar-refractivity contribution in [2.75, 3.05) is 7.05 Å². The molecule has 0 spiro atoms. The molecule has 0 aromatic carbocycles. The van der Waals surface area contributed by atoms with Crippen molar-refractivity contribution in [2.45, 2.75) is 30.4 Å². The lowest BCUT2D eigenvalue weighted by molar-refractivity contribution is 0.349. The molecule has 3 heteroatoms. The number of hydrogen-bond donors (Lipinski definition) is 2. The van der Waals surface area contributed by atoms with Gasteiger partial charge in [0.25, 0.3) is 0 Å². The molecule has 2 nitrogen and oxygen atoms in total. The highest BCUT2D eigenvalue weighted by molar-refractivity contribution is 9.09. The molecule has 0 saturated carbocycles. The molecular formula is C6H13BrN2. The first-order valence-corrected chi connectivity index (χ1v) is 4.32. The van der Waals surface area contributed by atoms with E-state index in [4.69, 9.17) is 0 Å². The maximum Gasteiger partial charge on any atom is 0.0642 e. The van der Waals surface area contributed by atoms with Gasteiger partial charge in [0, 0.05) is 0 Å². The van der Waals surface area contributed by atoms with Gasteiger partial charge in [0.2, 0.25) is 0 Å². The Kier molecular flexibility index (Phi) is 2.95. The van der Waals surface area contributed by atoms with Gasteiger partial charge in [-0.15, -0.1) is 0 Å². The van der Waals surface area contributed by atoms with E-state index in [2.05, 4.69) is 26.6 Å². The Bertz CT molecular complexity index is 87.1. The number of hydrogen-bond acceptors (Lipinski definition) is 2. The molecule has 1 fully saturated rings. The minimum Gasteiger partial charge on any atom is -0.305 e. The maximum atomic E-state index is 3.52. The molecule has 0 aromatic heterocycles. The fraction of sp³-hybridized carbons (Fsp3) is 1.00.